The Morgan fingerprint density at radius 2 is 1.81 bits per heavy atom. The zero-order chi connectivity index (χ0) is 22.1. The first-order valence-corrected chi connectivity index (χ1v) is 10.5. The third kappa shape index (κ3) is 4.45. The highest BCUT2D eigenvalue weighted by molar-refractivity contribution is 7.80. The van der Waals surface area contributed by atoms with Crippen molar-refractivity contribution < 1.29 is 9.21 Å². The van der Waals surface area contributed by atoms with E-state index in [-0.39, 0.29) is 11.0 Å². The number of aryl methyl sites for hydroxylation is 2. The number of nitrogens with zero attached hydrogens (tertiary/aromatic N) is 1. The molecule has 0 atom stereocenters. The third-order valence-corrected chi connectivity index (χ3v) is 5.42. The Balaban J connectivity index is 1.56. The van der Waals surface area contributed by atoms with Crippen LogP contribution >= 0.6 is 23.8 Å². The SMILES string of the molecule is Cc1cc(C)c2oc(-c3cccc(NC(=S)NC(=O)c4ccc(Cl)cc4)c3C)nc2c1. The number of oxazole rings is 1. The summed E-state index contributed by atoms with van der Waals surface area (Å²) in [6.45, 7) is 6.00. The summed E-state index contributed by atoms with van der Waals surface area (Å²) < 4.78 is 6.06. The normalized spacial score (nSPS) is 10.8. The van der Waals surface area contributed by atoms with Crippen molar-refractivity contribution in [2.45, 2.75) is 20.8 Å². The molecule has 0 aliphatic carbocycles. The molecule has 0 unspecified atom stereocenters. The first-order chi connectivity index (χ1) is 14.8. The summed E-state index contributed by atoms with van der Waals surface area (Å²) in [5.74, 6) is 0.230. The van der Waals surface area contributed by atoms with Crippen molar-refractivity contribution >= 4 is 51.6 Å². The Bertz CT molecular complexity index is 1310. The van der Waals surface area contributed by atoms with Crippen molar-refractivity contribution in [3.63, 3.8) is 0 Å². The second-order valence-corrected chi connectivity index (χ2v) is 8.19. The lowest BCUT2D eigenvalue weighted by atomic mass is 10.1. The third-order valence-electron chi connectivity index (χ3n) is 4.97. The van der Waals surface area contributed by atoms with Gasteiger partial charge in [0, 0.05) is 21.8 Å². The van der Waals surface area contributed by atoms with Crippen LogP contribution in [0, 0.1) is 20.8 Å². The van der Waals surface area contributed by atoms with E-state index in [1.165, 1.54) is 0 Å². The molecule has 5 nitrogen and oxygen atoms in total. The molecule has 7 heteroatoms. The van der Waals surface area contributed by atoms with E-state index in [0.717, 1.165) is 39.0 Å². The lowest BCUT2D eigenvalue weighted by Gasteiger charge is -2.13. The minimum absolute atomic E-state index is 0.198. The molecular weight excluding hydrogens is 430 g/mol. The molecule has 1 heterocycles. The van der Waals surface area contributed by atoms with Crippen LogP contribution in [0.1, 0.15) is 27.0 Å². The van der Waals surface area contributed by atoms with Crippen LogP contribution in [-0.2, 0) is 0 Å². The molecule has 0 bridgehead atoms. The predicted octanol–water partition coefficient (Wildman–Crippen LogP) is 6.20. The molecule has 1 aromatic heterocycles. The summed E-state index contributed by atoms with van der Waals surface area (Å²) in [5, 5.41) is 6.54. The summed E-state index contributed by atoms with van der Waals surface area (Å²) in [4.78, 5) is 17.1. The van der Waals surface area contributed by atoms with Gasteiger partial charge >= 0.3 is 0 Å². The van der Waals surface area contributed by atoms with Gasteiger partial charge in [-0.15, -0.1) is 0 Å². The van der Waals surface area contributed by atoms with Gasteiger partial charge in [-0.05, 0) is 92.1 Å². The van der Waals surface area contributed by atoms with E-state index in [2.05, 4.69) is 21.7 Å². The van der Waals surface area contributed by atoms with Crippen LogP contribution < -0.4 is 10.6 Å². The summed E-state index contributed by atoms with van der Waals surface area (Å²) in [5.41, 5.74) is 6.78. The quantitative estimate of drug-likeness (QED) is 0.364. The molecule has 0 radical (unpaired) electrons. The van der Waals surface area contributed by atoms with E-state index in [1.54, 1.807) is 24.3 Å². The van der Waals surface area contributed by atoms with Crippen molar-refractivity contribution in [3.05, 3.63) is 81.9 Å². The van der Waals surface area contributed by atoms with Gasteiger partial charge in [-0.3, -0.25) is 10.1 Å². The molecule has 156 valence electrons. The van der Waals surface area contributed by atoms with Crippen molar-refractivity contribution in [1.29, 1.82) is 0 Å². The van der Waals surface area contributed by atoms with Gasteiger partial charge in [0.25, 0.3) is 5.91 Å². The number of aromatic nitrogens is 1. The molecule has 0 saturated heterocycles. The first kappa shape index (κ1) is 21.0. The number of carbonyl (C=O) groups is 1. The zero-order valence-corrected chi connectivity index (χ0v) is 18.8. The van der Waals surface area contributed by atoms with Gasteiger partial charge < -0.3 is 9.73 Å². The molecule has 0 aliphatic heterocycles. The van der Waals surface area contributed by atoms with Crippen molar-refractivity contribution in [2.75, 3.05) is 5.32 Å². The van der Waals surface area contributed by atoms with Gasteiger partial charge in [-0.25, -0.2) is 4.98 Å². The lowest BCUT2D eigenvalue weighted by Crippen LogP contribution is -2.34. The monoisotopic (exact) mass is 449 g/mol. The number of rotatable bonds is 3. The lowest BCUT2D eigenvalue weighted by molar-refractivity contribution is 0.0977. The Morgan fingerprint density at radius 3 is 2.55 bits per heavy atom. The number of amides is 1. The molecule has 4 aromatic rings. The van der Waals surface area contributed by atoms with Crippen LogP contribution in [0.15, 0.2) is 59.0 Å². The topological polar surface area (TPSA) is 67.2 Å². The summed E-state index contributed by atoms with van der Waals surface area (Å²) >= 11 is 11.2. The van der Waals surface area contributed by atoms with Crippen molar-refractivity contribution in [1.82, 2.24) is 10.3 Å². The van der Waals surface area contributed by atoms with Crippen molar-refractivity contribution in [2.24, 2.45) is 0 Å². The molecule has 0 aliphatic rings. The number of fused-ring (bicyclic) bond motifs is 1. The number of benzene rings is 3. The van der Waals surface area contributed by atoms with E-state index >= 15 is 0 Å². The Hall–Kier alpha value is -3.22. The van der Waals surface area contributed by atoms with Crippen LogP contribution in [0.2, 0.25) is 5.02 Å². The fraction of sp³-hybridized carbons (Fsp3) is 0.125. The second-order valence-electron chi connectivity index (χ2n) is 7.34. The highest BCUT2D eigenvalue weighted by Gasteiger charge is 2.15. The number of carbonyl (C=O) groups excluding carboxylic acids is 1. The predicted molar refractivity (Wildman–Crippen MR) is 129 cm³/mol. The Morgan fingerprint density at radius 1 is 1.06 bits per heavy atom. The van der Waals surface area contributed by atoms with Crippen LogP contribution in [0.3, 0.4) is 0 Å². The van der Waals surface area contributed by atoms with E-state index in [0.29, 0.717) is 16.5 Å². The zero-order valence-electron chi connectivity index (χ0n) is 17.2. The number of nitrogens with one attached hydrogen (secondary N) is 2. The fourth-order valence-electron chi connectivity index (χ4n) is 3.42. The van der Waals surface area contributed by atoms with Gasteiger partial charge in [0.05, 0.1) is 0 Å². The molecule has 2 N–H and O–H groups in total. The number of hydrogen-bond acceptors (Lipinski definition) is 4. The average Bonchev–Trinajstić information content (AvgIpc) is 3.14. The maximum atomic E-state index is 12.4. The summed E-state index contributed by atoms with van der Waals surface area (Å²) in [6, 6.07) is 16.4. The van der Waals surface area contributed by atoms with E-state index in [1.807, 2.05) is 45.0 Å². The van der Waals surface area contributed by atoms with E-state index in [9.17, 15) is 4.79 Å². The van der Waals surface area contributed by atoms with Gasteiger partial charge in [0.15, 0.2) is 10.7 Å². The summed E-state index contributed by atoms with van der Waals surface area (Å²) in [6.07, 6.45) is 0. The van der Waals surface area contributed by atoms with Crippen LogP contribution in [0.25, 0.3) is 22.6 Å². The number of halogens is 1. The minimum Gasteiger partial charge on any atom is -0.436 e. The molecule has 0 saturated carbocycles. The van der Waals surface area contributed by atoms with Gasteiger partial charge in [-0.2, -0.15) is 0 Å². The number of anilines is 1. The first-order valence-electron chi connectivity index (χ1n) is 9.67. The molecule has 31 heavy (non-hydrogen) atoms. The minimum atomic E-state index is -0.312. The molecular formula is C24H20ClN3O2S. The Labute approximate surface area is 190 Å². The van der Waals surface area contributed by atoms with Gasteiger partial charge in [0.1, 0.15) is 5.52 Å². The van der Waals surface area contributed by atoms with E-state index in [4.69, 9.17) is 28.2 Å². The standard InChI is InChI=1S/C24H20ClN3O2S/c1-13-11-14(2)21-20(12-13)26-23(30-21)18-5-4-6-19(15(18)3)27-24(31)28-22(29)16-7-9-17(25)10-8-16/h4-12H,1-3H3,(H2,27,28,29,31). The highest BCUT2D eigenvalue weighted by atomic mass is 35.5. The number of hydrogen-bond donors (Lipinski definition) is 2. The highest BCUT2D eigenvalue weighted by Crippen LogP contribution is 2.32. The molecule has 0 fully saturated rings. The van der Waals surface area contributed by atoms with Crippen LogP contribution in [-0.4, -0.2) is 16.0 Å². The average molecular weight is 450 g/mol. The molecule has 0 spiro atoms. The fourth-order valence-corrected chi connectivity index (χ4v) is 3.75. The number of thiocarbonyl (C=S) groups is 1. The smallest absolute Gasteiger partial charge is 0.257 e. The summed E-state index contributed by atoms with van der Waals surface area (Å²) in [7, 11) is 0. The second kappa shape index (κ2) is 8.49. The largest absolute Gasteiger partial charge is 0.436 e. The maximum absolute atomic E-state index is 12.4. The Kier molecular flexibility index (Phi) is 5.76. The van der Waals surface area contributed by atoms with Gasteiger partial charge in [-0.1, -0.05) is 23.7 Å². The maximum Gasteiger partial charge on any atom is 0.257 e. The van der Waals surface area contributed by atoms with E-state index < -0.39 is 0 Å². The van der Waals surface area contributed by atoms with Gasteiger partial charge in [0.2, 0.25) is 5.89 Å². The molecule has 3 aromatic carbocycles. The van der Waals surface area contributed by atoms with Crippen LogP contribution in [0.5, 0.6) is 0 Å². The molecule has 1 amide bonds. The van der Waals surface area contributed by atoms with Crippen molar-refractivity contribution in [3.8, 4) is 11.5 Å². The van der Waals surface area contributed by atoms with Crippen LogP contribution in [0.4, 0.5) is 5.69 Å². The molecule has 4 rings (SSSR count).